The van der Waals surface area contributed by atoms with Crippen molar-refractivity contribution in [1.82, 2.24) is 4.98 Å². The van der Waals surface area contributed by atoms with E-state index in [2.05, 4.69) is 4.98 Å². The molecule has 0 aliphatic carbocycles. The number of halogens is 3. The quantitative estimate of drug-likeness (QED) is 0.485. The first-order valence-electron chi connectivity index (χ1n) is 2.09. The Bertz CT molecular complexity index is 173. The lowest BCUT2D eigenvalue weighted by molar-refractivity contribution is 0.485. The Morgan fingerprint density at radius 1 is 1.33 bits per heavy atom. The van der Waals surface area contributed by atoms with Crippen LogP contribution in [0.5, 0.6) is 0 Å². The van der Waals surface area contributed by atoms with Gasteiger partial charge in [-0.2, -0.15) is 13.8 Å². The third-order valence-corrected chi connectivity index (χ3v) is 0.673. The van der Waals surface area contributed by atoms with E-state index in [9.17, 15) is 13.2 Å². The molecule has 0 unspecified atom stereocenters. The zero-order valence-electron chi connectivity index (χ0n) is 4.16. The second-order valence-corrected chi connectivity index (χ2v) is 1.34. The number of nitrogens with zero attached hydrogens (tertiary/aromatic N) is 1. The fourth-order valence-electron chi connectivity index (χ4n) is 0.393. The van der Waals surface area contributed by atoms with Crippen LogP contribution in [0.3, 0.4) is 0 Å². The van der Waals surface area contributed by atoms with Gasteiger partial charge in [-0.15, -0.1) is 0 Å². The minimum absolute atomic E-state index is 0.448. The van der Waals surface area contributed by atoms with Gasteiger partial charge in [-0.05, 0) is 0 Å². The van der Waals surface area contributed by atoms with Crippen LogP contribution in [-0.4, -0.2) is 4.98 Å². The van der Waals surface area contributed by atoms with Gasteiger partial charge in [-0.1, -0.05) is 0 Å². The minimum Gasteiger partial charge on any atom is -0.206 e. The zero-order chi connectivity index (χ0) is 6.85. The highest BCUT2D eigenvalue weighted by atomic mass is 19.1. The van der Waals surface area contributed by atoms with E-state index in [-0.39, 0.29) is 0 Å². The summed E-state index contributed by atoms with van der Waals surface area (Å²) in [5.74, 6) is -3.53. The summed E-state index contributed by atoms with van der Waals surface area (Å²) in [7, 11) is 0. The zero-order valence-corrected chi connectivity index (χ0v) is 4.16. The van der Waals surface area contributed by atoms with Gasteiger partial charge in [0.15, 0.2) is 0 Å². The Hall–Kier alpha value is -1.06. The molecule has 1 heterocycles. The number of hydrogen-bond donors (Lipinski definition) is 0. The van der Waals surface area contributed by atoms with Crippen molar-refractivity contribution in [1.29, 1.82) is 0 Å². The lowest BCUT2D eigenvalue weighted by Gasteiger charge is -1.86. The molecule has 1 aromatic rings. The molecule has 0 N–H and O–H groups in total. The van der Waals surface area contributed by atoms with Crippen molar-refractivity contribution < 1.29 is 13.2 Å². The molecule has 1 aromatic heterocycles. The van der Waals surface area contributed by atoms with E-state index < -0.39 is 17.7 Å². The van der Waals surface area contributed by atoms with Crippen molar-refractivity contribution >= 4 is 0 Å². The normalized spacial score (nSPS) is 9.67. The van der Waals surface area contributed by atoms with Crippen LogP contribution >= 0.6 is 0 Å². The SMILES string of the molecule is Fc1[c]c(F)nc(F)c1. The number of aromatic nitrogens is 1. The molecule has 0 bridgehead atoms. The van der Waals surface area contributed by atoms with Gasteiger partial charge in [0, 0.05) is 6.07 Å². The Kier molecular flexibility index (Phi) is 1.38. The summed E-state index contributed by atoms with van der Waals surface area (Å²) in [6.45, 7) is 0. The first kappa shape index (κ1) is 6.07. The molecule has 47 valence electrons. The predicted molar refractivity (Wildman–Crippen MR) is 22.9 cm³/mol. The maximum absolute atomic E-state index is 11.9. The third kappa shape index (κ3) is 1.42. The summed E-state index contributed by atoms with van der Waals surface area (Å²) in [5.41, 5.74) is 0. The molecular weight excluding hydrogens is 131 g/mol. The molecule has 1 rings (SSSR count). The summed E-state index contributed by atoms with van der Waals surface area (Å²) in [6, 6.07) is 1.97. The highest BCUT2D eigenvalue weighted by Gasteiger charge is 1.99. The molecule has 1 radical (unpaired) electrons. The van der Waals surface area contributed by atoms with Gasteiger partial charge < -0.3 is 0 Å². The monoisotopic (exact) mass is 132 g/mol. The molecule has 0 fully saturated rings. The molecule has 1 nitrogen and oxygen atoms in total. The molecule has 0 saturated heterocycles. The van der Waals surface area contributed by atoms with Gasteiger partial charge in [0.1, 0.15) is 5.82 Å². The molecule has 0 amide bonds. The van der Waals surface area contributed by atoms with E-state index in [1.54, 1.807) is 0 Å². The van der Waals surface area contributed by atoms with Crippen LogP contribution in [0.2, 0.25) is 0 Å². The summed E-state index contributed by atoms with van der Waals surface area (Å²) in [5, 5.41) is 0. The van der Waals surface area contributed by atoms with E-state index >= 15 is 0 Å². The molecular formula is C5HF3N. The summed E-state index contributed by atoms with van der Waals surface area (Å²) >= 11 is 0. The molecule has 0 aromatic carbocycles. The van der Waals surface area contributed by atoms with Crippen LogP contribution in [0.15, 0.2) is 6.07 Å². The lowest BCUT2D eigenvalue weighted by Crippen LogP contribution is -1.89. The third-order valence-electron chi connectivity index (χ3n) is 0.673. The molecule has 0 spiro atoms. The van der Waals surface area contributed by atoms with E-state index in [4.69, 9.17) is 0 Å². The number of hydrogen-bond acceptors (Lipinski definition) is 1. The number of rotatable bonds is 0. The van der Waals surface area contributed by atoms with Crippen molar-refractivity contribution in [3.8, 4) is 0 Å². The highest BCUT2D eigenvalue weighted by molar-refractivity contribution is 4.95. The maximum atomic E-state index is 11.9. The molecule has 0 atom stereocenters. The van der Waals surface area contributed by atoms with Crippen LogP contribution in [0.25, 0.3) is 0 Å². The van der Waals surface area contributed by atoms with Crippen molar-refractivity contribution in [2.45, 2.75) is 0 Å². The van der Waals surface area contributed by atoms with Gasteiger partial charge in [-0.3, -0.25) is 0 Å². The summed E-state index contributed by atoms with van der Waals surface area (Å²) < 4.78 is 35.5. The van der Waals surface area contributed by atoms with Crippen LogP contribution < -0.4 is 0 Å². The first-order chi connectivity index (χ1) is 4.18. The average Bonchev–Trinajstić information content (AvgIpc) is 1.59. The maximum Gasteiger partial charge on any atom is 0.226 e. The van der Waals surface area contributed by atoms with E-state index in [1.807, 2.05) is 0 Å². The van der Waals surface area contributed by atoms with Crippen molar-refractivity contribution in [2.75, 3.05) is 0 Å². The minimum atomic E-state index is -1.27. The van der Waals surface area contributed by atoms with Crippen LogP contribution in [-0.2, 0) is 0 Å². The Labute approximate surface area is 49.1 Å². The van der Waals surface area contributed by atoms with Gasteiger partial charge >= 0.3 is 0 Å². The van der Waals surface area contributed by atoms with Crippen LogP contribution in [0.4, 0.5) is 13.2 Å². The second kappa shape index (κ2) is 2.05. The highest BCUT2D eigenvalue weighted by Crippen LogP contribution is 1.99. The van der Waals surface area contributed by atoms with Crippen molar-refractivity contribution in [2.24, 2.45) is 0 Å². The smallest absolute Gasteiger partial charge is 0.206 e. The predicted octanol–water partition coefficient (Wildman–Crippen LogP) is 1.30. The molecule has 9 heavy (non-hydrogen) atoms. The first-order valence-corrected chi connectivity index (χ1v) is 2.09. The summed E-state index contributed by atoms with van der Waals surface area (Å²) in [4.78, 5) is 2.61. The fourth-order valence-corrected chi connectivity index (χ4v) is 0.393. The topological polar surface area (TPSA) is 12.9 Å². The van der Waals surface area contributed by atoms with Crippen LogP contribution in [0.1, 0.15) is 0 Å². The fraction of sp³-hybridized carbons (Fsp3) is 0. The molecule has 0 aliphatic heterocycles. The standard InChI is InChI=1S/C5HF3N/c6-3-1-4(7)9-5(8)2-3/h1H. The molecule has 4 heteroatoms. The van der Waals surface area contributed by atoms with E-state index in [1.165, 1.54) is 6.07 Å². The average molecular weight is 132 g/mol. The lowest BCUT2D eigenvalue weighted by atomic mass is 10.5. The number of pyridine rings is 1. The van der Waals surface area contributed by atoms with E-state index in [0.29, 0.717) is 6.07 Å². The van der Waals surface area contributed by atoms with Crippen molar-refractivity contribution in [3.05, 3.63) is 29.8 Å². The van der Waals surface area contributed by atoms with Crippen molar-refractivity contribution in [3.63, 3.8) is 0 Å². The molecule has 0 aliphatic rings. The van der Waals surface area contributed by atoms with Gasteiger partial charge in [0.2, 0.25) is 11.9 Å². The van der Waals surface area contributed by atoms with Gasteiger partial charge in [0.25, 0.3) is 0 Å². The second-order valence-electron chi connectivity index (χ2n) is 1.34. The Morgan fingerprint density at radius 2 is 2.00 bits per heavy atom. The van der Waals surface area contributed by atoms with Crippen LogP contribution in [0, 0.1) is 23.8 Å². The van der Waals surface area contributed by atoms with Gasteiger partial charge in [0.05, 0.1) is 6.07 Å². The summed E-state index contributed by atoms with van der Waals surface area (Å²) in [6.07, 6.45) is 0. The Morgan fingerprint density at radius 3 is 2.44 bits per heavy atom. The van der Waals surface area contributed by atoms with E-state index in [0.717, 1.165) is 0 Å². The molecule has 0 saturated carbocycles. The van der Waals surface area contributed by atoms with Gasteiger partial charge in [-0.25, -0.2) is 4.39 Å². The Balaban J connectivity index is 3.17. The largest absolute Gasteiger partial charge is 0.226 e.